The van der Waals surface area contributed by atoms with Crippen LogP contribution in [0.2, 0.25) is 0 Å². The van der Waals surface area contributed by atoms with Crippen LogP contribution in [-0.2, 0) is 0 Å². The summed E-state index contributed by atoms with van der Waals surface area (Å²) in [7, 11) is 1.94. The van der Waals surface area contributed by atoms with Crippen LogP contribution >= 0.6 is 15.9 Å². The highest BCUT2D eigenvalue weighted by atomic mass is 79.9. The van der Waals surface area contributed by atoms with Crippen LogP contribution in [0.5, 0.6) is 5.75 Å². The van der Waals surface area contributed by atoms with E-state index in [1.54, 1.807) is 0 Å². The van der Waals surface area contributed by atoms with Crippen LogP contribution in [0.4, 0.5) is 0 Å². The lowest BCUT2D eigenvalue weighted by molar-refractivity contribution is 0.196. The maximum Gasteiger partial charge on any atom is 0.120 e. The van der Waals surface area contributed by atoms with Gasteiger partial charge in [0.05, 0.1) is 0 Å². The van der Waals surface area contributed by atoms with Gasteiger partial charge in [0.2, 0.25) is 0 Å². The second-order valence-electron chi connectivity index (χ2n) is 3.62. The highest BCUT2D eigenvalue weighted by Crippen LogP contribution is 2.22. The van der Waals surface area contributed by atoms with Crippen molar-refractivity contribution in [2.75, 3.05) is 13.6 Å². The molecule has 1 aromatic rings. The zero-order valence-corrected chi connectivity index (χ0v) is 11.1. The molecule has 0 saturated heterocycles. The third-order valence-electron chi connectivity index (χ3n) is 2.32. The maximum absolute atomic E-state index is 5.86. The fourth-order valence-corrected chi connectivity index (χ4v) is 1.63. The molecule has 0 aromatic heterocycles. The molecule has 0 spiro atoms. The molecule has 1 N–H and O–H groups in total. The molecule has 0 saturated carbocycles. The fraction of sp³-hybridized carbons (Fsp3) is 0.500. The molecule has 0 aliphatic carbocycles. The molecule has 1 atom stereocenters. The summed E-state index contributed by atoms with van der Waals surface area (Å²) >= 11 is 3.48. The van der Waals surface area contributed by atoms with Crippen LogP contribution in [0.15, 0.2) is 22.7 Å². The Morgan fingerprint density at radius 3 is 2.73 bits per heavy atom. The fourth-order valence-electron chi connectivity index (χ4n) is 1.38. The van der Waals surface area contributed by atoms with Crippen LogP contribution in [0, 0.1) is 6.92 Å². The molecule has 0 amide bonds. The van der Waals surface area contributed by atoms with Crippen molar-refractivity contribution >= 4 is 15.9 Å². The van der Waals surface area contributed by atoms with Crippen LogP contribution in [-0.4, -0.2) is 19.7 Å². The van der Waals surface area contributed by atoms with Gasteiger partial charge in [-0.15, -0.1) is 0 Å². The van der Waals surface area contributed by atoms with Gasteiger partial charge in [0.1, 0.15) is 11.9 Å². The zero-order valence-electron chi connectivity index (χ0n) is 9.51. The van der Waals surface area contributed by atoms with Crippen molar-refractivity contribution in [2.24, 2.45) is 0 Å². The maximum atomic E-state index is 5.86. The number of hydrogen-bond acceptors (Lipinski definition) is 2. The average molecular weight is 272 g/mol. The SMILES string of the molecule is CCC(CNC)Oc1ccc(Br)c(C)c1. The van der Waals surface area contributed by atoms with Gasteiger partial charge in [-0.3, -0.25) is 0 Å². The van der Waals surface area contributed by atoms with Gasteiger partial charge in [0, 0.05) is 11.0 Å². The van der Waals surface area contributed by atoms with Crippen molar-refractivity contribution < 1.29 is 4.74 Å². The molecular formula is C12H18BrNO. The molecule has 0 heterocycles. The van der Waals surface area contributed by atoms with Crippen LogP contribution < -0.4 is 10.1 Å². The predicted octanol–water partition coefficient (Wildman–Crippen LogP) is 3.13. The summed E-state index contributed by atoms with van der Waals surface area (Å²) in [4.78, 5) is 0. The number of hydrogen-bond donors (Lipinski definition) is 1. The van der Waals surface area contributed by atoms with Crippen molar-refractivity contribution in [3.05, 3.63) is 28.2 Å². The topological polar surface area (TPSA) is 21.3 Å². The normalized spacial score (nSPS) is 12.5. The summed E-state index contributed by atoms with van der Waals surface area (Å²) in [5.41, 5.74) is 1.20. The third-order valence-corrected chi connectivity index (χ3v) is 3.21. The monoisotopic (exact) mass is 271 g/mol. The molecule has 1 aromatic carbocycles. The molecule has 0 fully saturated rings. The first-order valence-electron chi connectivity index (χ1n) is 5.24. The van der Waals surface area contributed by atoms with Crippen LogP contribution in [0.3, 0.4) is 0 Å². The highest BCUT2D eigenvalue weighted by Gasteiger charge is 2.07. The molecule has 0 aliphatic rings. The molecule has 2 nitrogen and oxygen atoms in total. The minimum atomic E-state index is 0.246. The second-order valence-corrected chi connectivity index (χ2v) is 4.47. The molecule has 0 aliphatic heterocycles. The lowest BCUT2D eigenvalue weighted by Gasteiger charge is -2.17. The first-order chi connectivity index (χ1) is 7.17. The summed E-state index contributed by atoms with van der Waals surface area (Å²) in [5, 5.41) is 3.13. The van der Waals surface area contributed by atoms with Gasteiger partial charge >= 0.3 is 0 Å². The Hall–Kier alpha value is -0.540. The Balaban J connectivity index is 2.66. The Labute approximate surface area is 100 Å². The Morgan fingerprint density at radius 1 is 1.47 bits per heavy atom. The number of halogens is 1. The van der Waals surface area contributed by atoms with Crippen LogP contribution in [0.1, 0.15) is 18.9 Å². The minimum absolute atomic E-state index is 0.246. The molecule has 3 heteroatoms. The van der Waals surface area contributed by atoms with E-state index < -0.39 is 0 Å². The number of nitrogens with one attached hydrogen (secondary N) is 1. The van der Waals surface area contributed by atoms with Gasteiger partial charge < -0.3 is 10.1 Å². The van der Waals surface area contributed by atoms with E-state index in [0.29, 0.717) is 0 Å². The first-order valence-corrected chi connectivity index (χ1v) is 6.04. The molecule has 1 rings (SSSR count). The van der Waals surface area contributed by atoms with Gasteiger partial charge in [-0.1, -0.05) is 22.9 Å². The van der Waals surface area contributed by atoms with E-state index in [-0.39, 0.29) is 6.10 Å². The largest absolute Gasteiger partial charge is 0.489 e. The van der Waals surface area contributed by atoms with E-state index in [0.717, 1.165) is 23.2 Å². The van der Waals surface area contributed by atoms with Crippen molar-refractivity contribution in [3.8, 4) is 5.75 Å². The number of rotatable bonds is 5. The van der Waals surface area contributed by atoms with Gasteiger partial charge in [-0.2, -0.15) is 0 Å². The molecule has 15 heavy (non-hydrogen) atoms. The standard InChI is InChI=1S/C12H18BrNO/c1-4-10(8-14-3)15-11-5-6-12(13)9(2)7-11/h5-7,10,14H,4,8H2,1-3H3. The number of benzene rings is 1. The van der Waals surface area contributed by atoms with E-state index in [1.165, 1.54) is 5.56 Å². The van der Waals surface area contributed by atoms with Crippen LogP contribution in [0.25, 0.3) is 0 Å². The lowest BCUT2D eigenvalue weighted by atomic mass is 10.2. The summed E-state index contributed by atoms with van der Waals surface area (Å²) in [6.45, 7) is 5.08. The van der Waals surface area contributed by atoms with Crippen molar-refractivity contribution in [3.63, 3.8) is 0 Å². The smallest absolute Gasteiger partial charge is 0.120 e. The second kappa shape index (κ2) is 6.13. The summed E-state index contributed by atoms with van der Waals surface area (Å²) in [5.74, 6) is 0.942. The van der Waals surface area contributed by atoms with Crippen molar-refractivity contribution in [1.82, 2.24) is 5.32 Å². The highest BCUT2D eigenvalue weighted by molar-refractivity contribution is 9.10. The van der Waals surface area contributed by atoms with E-state index >= 15 is 0 Å². The zero-order chi connectivity index (χ0) is 11.3. The Morgan fingerprint density at radius 2 is 2.20 bits per heavy atom. The van der Waals surface area contributed by atoms with Gasteiger partial charge in [0.25, 0.3) is 0 Å². The van der Waals surface area contributed by atoms with Crippen molar-refractivity contribution in [1.29, 1.82) is 0 Å². The predicted molar refractivity (Wildman–Crippen MR) is 67.5 cm³/mol. The number of ether oxygens (including phenoxy) is 1. The molecule has 84 valence electrons. The summed E-state index contributed by atoms with van der Waals surface area (Å²) in [6.07, 6.45) is 1.26. The van der Waals surface area contributed by atoms with Crippen molar-refractivity contribution in [2.45, 2.75) is 26.4 Å². The third kappa shape index (κ3) is 3.84. The van der Waals surface area contributed by atoms with E-state index in [1.807, 2.05) is 19.2 Å². The summed E-state index contributed by atoms with van der Waals surface area (Å²) in [6, 6.07) is 6.08. The van der Waals surface area contributed by atoms with E-state index in [2.05, 4.69) is 41.2 Å². The van der Waals surface area contributed by atoms with Gasteiger partial charge in [-0.25, -0.2) is 0 Å². The lowest BCUT2D eigenvalue weighted by Crippen LogP contribution is -2.28. The summed E-state index contributed by atoms with van der Waals surface area (Å²) < 4.78 is 6.98. The van der Waals surface area contributed by atoms with Gasteiger partial charge in [-0.05, 0) is 44.2 Å². The number of aryl methyl sites for hydroxylation is 1. The first kappa shape index (κ1) is 12.5. The molecule has 1 unspecified atom stereocenters. The quantitative estimate of drug-likeness (QED) is 0.889. The Bertz CT molecular complexity index is 314. The molecule has 0 radical (unpaired) electrons. The van der Waals surface area contributed by atoms with E-state index in [9.17, 15) is 0 Å². The minimum Gasteiger partial charge on any atom is -0.489 e. The van der Waals surface area contributed by atoms with Gasteiger partial charge in [0.15, 0.2) is 0 Å². The van der Waals surface area contributed by atoms with E-state index in [4.69, 9.17) is 4.74 Å². The molecule has 0 bridgehead atoms. The molecular weight excluding hydrogens is 254 g/mol. The average Bonchev–Trinajstić information content (AvgIpc) is 2.23. The number of likely N-dealkylation sites (N-methyl/N-ethyl adjacent to an activating group) is 1. The Kier molecular flexibility index (Phi) is 5.12.